The standard InChI is InChI=1S/C14H14N2O4/c17-12(9-4-2-1-3-5-9)16-10-6-7-11(13(18)19)15(8-10)14(16)20/h1-5,10-11H,6-8H2,(H,18,19)/t10-,11-/m1/s1. The maximum Gasteiger partial charge on any atom is 0.328 e. The fraction of sp³-hybridized carbons (Fsp3) is 0.357. The summed E-state index contributed by atoms with van der Waals surface area (Å²) in [6.07, 6.45) is 0.933. The van der Waals surface area contributed by atoms with Gasteiger partial charge in [-0.2, -0.15) is 0 Å². The highest BCUT2D eigenvalue weighted by Gasteiger charge is 2.49. The molecule has 2 bridgehead atoms. The second-order valence-corrected chi connectivity index (χ2v) is 5.06. The molecule has 2 fully saturated rings. The quantitative estimate of drug-likeness (QED) is 0.878. The van der Waals surface area contributed by atoms with E-state index in [0.29, 0.717) is 24.9 Å². The van der Waals surface area contributed by atoms with E-state index in [1.54, 1.807) is 30.3 Å². The summed E-state index contributed by atoms with van der Waals surface area (Å²) in [6.45, 7) is 0.314. The molecule has 104 valence electrons. The van der Waals surface area contributed by atoms with Gasteiger partial charge in [0.1, 0.15) is 6.04 Å². The zero-order valence-electron chi connectivity index (χ0n) is 10.7. The van der Waals surface area contributed by atoms with Crippen molar-refractivity contribution in [3.63, 3.8) is 0 Å². The Morgan fingerprint density at radius 1 is 1.15 bits per heavy atom. The van der Waals surface area contributed by atoms with E-state index >= 15 is 0 Å². The van der Waals surface area contributed by atoms with Crippen molar-refractivity contribution in [2.24, 2.45) is 0 Å². The maximum atomic E-state index is 12.4. The third-order valence-electron chi connectivity index (χ3n) is 3.90. The van der Waals surface area contributed by atoms with E-state index in [1.165, 1.54) is 9.80 Å². The second kappa shape index (κ2) is 4.63. The normalized spacial score (nSPS) is 24.9. The molecule has 6 nitrogen and oxygen atoms in total. The Balaban J connectivity index is 1.88. The summed E-state index contributed by atoms with van der Waals surface area (Å²) in [4.78, 5) is 38.3. The van der Waals surface area contributed by atoms with Crippen molar-refractivity contribution in [3.05, 3.63) is 35.9 Å². The second-order valence-electron chi connectivity index (χ2n) is 5.06. The minimum atomic E-state index is -1.01. The number of aliphatic carboxylic acids is 1. The Labute approximate surface area is 115 Å². The Bertz CT molecular complexity index is 572. The minimum Gasteiger partial charge on any atom is -0.480 e. The van der Waals surface area contributed by atoms with Gasteiger partial charge in [-0.1, -0.05) is 18.2 Å². The fourth-order valence-electron chi connectivity index (χ4n) is 2.90. The average molecular weight is 274 g/mol. The smallest absolute Gasteiger partial charge is 0.328 e. The number of carboxylic acid groups (broad SMARTS) is 1. The summed E-state index contributed by atoms with van der Waals surface area (Å²) >= 11 is 0. The third-order valence-corrected chi connectivity index (χ3v) is 3.90. The van der Waals surface area contributed by atoms with Gasteiger partial charge < -0.3 is 10.0 Å². The van der Waals surface area contributed by atoms with Gasteiger partial charge in [-0.15, -0.1) is 0 Å². The van der Waals surface area contributed by atoms with Crippen molar-refractivity contribution in [1.82, 2.24) is 9.80 Å². The molecule has 0 spiro atoms. The number of fused-ring (bicyclic) bond motifs is 2. The summed E-state index contributed by atoms with van der Waals surface area (Å²) in [5, 5.41) is 9.12. The molecule has 3 rings (SSSR count). The molecule has 3 amide bonds. The van der Waals surface area contributed by atoms with Crippen LogP contribution in [0, 0.1) is 0 Å². The highest BCUT2D eigenvalue weighted by Crippen LogP contribution is 2.31. The molecule has 2 saturated heterocycles. The van der Waals surface area contributed by atoms with Crippen LogP contribution in [-0.4, -0.2) is 51.4 Å². The van der Waals surface area contributed by atoms with Crippen LogP contribution in [0.1, 0.15) is 23.2 Å². The molecule has 0 saturated carbocycles. The first-order valence-electron chi connectivity index (χ1n) is 6.51. The molecule has 1 aromatic carbocycles. The van der Waals surface area contributed by atoms with Crippen molar-refractivity contribution in [2.75, 3.05) is 6.54 Å². The molecule has 1 aromatic rings. The first kappa shape index (κ1) is 12.7. The molecule has 6 heteroatoms. The van der Waals surface area contributed by atoms with Crippen molar-refractivity contribution in [1.29, 1.82) is 0 Å². The average Bonchev–Trinajstić information content (AvgIpc) is 2.71. The van der Waals surface area contributed by atoms with Crippen molar-refractivity contribution < 1.29 is 19.5 Å². The van der Waals surface area contributed by atoms with Gasteiger partial charge in [-0.25, -0.2) is 9.59 Å². The molecule has 0 aliphatic carbocycles. The lowest BCUT2D eigenvalue weighted by Crippen LogP contribution is -2.45. The lowest BCUT2D eigenvalue weighted by atomic mass is 10.0. The Hall–Kier alpha value is -2.37. The molecule has 1 N–H and O–H groups in total. The number of carbonyl (C=O) groups excluding carboxylic acids is 2. The molecule has 0 aromatic heterocycles. The number of nitrogens with zero attached hydrogens (tertiary/aromatic N) is 2. The van der Waals surface area contributed by atoms with E-state index in [4.69, 9.17) is 5.11 Å². The Kier molecular flexibility index (Phi) is 2.93. The predicted octanol–water partition coefficient (Wildman–Crippen LogP) is 1.18. The van der Waals surface area contributed by atoms with Gasteiger partial charge in [0.2, 0.25) is 0 Å². The third kappa shape index (κ3) is 1.84. The van der Waals surface area contributed by atoms with Crippen LogP contribution >= 0.6 is 0 Å². The van der Waals surface area contributed by atoms with Crippen LogP contribution < -0.4 is 0 Å². The molecule has 0 radical (unpaired) electrons. The van der Waals surface area contributed by atoms with Crippen molar-refractivity contribution in [3.8, 4) is 0 Å². The van der Waals surface area contributed by atoms with Gasteiger partial charge in [0, 0.05) is 12.1 Å². The number of benzene rings is 1. The molecule has 2 aliphatic heterocycles. The molecule has 0 unspecified atom stereocenters. The number of carbonyl (C=O) groups is 3. The SMILES string of the molecule is O=C(O)[C@H]1CC[C@@H]2CN1C(=O)N2C(=O)c1ccccc1. The number of piperidine rings is 1. The van der Waals surface area contributed by atoms with Crippen molar-refractivity contribution in [2.45, 2.75) is 24.9 Å². The molecule has 2 heterocycles. The number of rotatable bonds is 2. The van der Waals surface area contributed by atoms with E-state index in [-0.39, 0.29) is 11.9 Å². The largest absolute Gasteiger partial charge is 0.480 e. The van der Waals surface area contributed by atoms with Crippen LogP contribution in [0.3, 0.4) is 0 Å². The summed E-state index contributed by atoms with van der Waals surface area (Å²) < 4.78 is 0. The summed E-state index contributed by atoms with van der Waals surface area (Å²) in [5.41, 5.74) is 0.446. The lowest BCUT2D eigenvalue weighted by Gasteiger charge is -2.27. The van der Waals surface area contributed by atoms with E-state index < -0.39 is 18.0 Å². The van der Waals surface area contributed by atoms with E-state index in [0.717, 1.165) is 0 Å². The van der Waals surface area contributed by atoms with Gasteiger partial charge in [0.25, 0.3) is 5.91 Å². The van der Waals surface area contributed by atoms with Gasteiger partial charge in [-0.05, 0) is 25.0 Å². The minimum absolute atomic E-state index is 0.217. The van der Waals surface area contributed by atoms with Gasteiger partial charge in [-0.3, -0.25) is 9.69 Å². The number of hydrogen-bond acceptors (Lipinski definition) is 3. The summed E-state index contributed by atoms with van der Waals surface area (Å²) in [7, 11) is 0. The van der Waals surface area contributed by atoms with E-state index in [1.807, 2.05) is 0 Å². The number of amides is 3. The molecule has 2 aliphatic rings. The summed E-state index contributed by atoms with van der Waals surface area (Å²) in [5.74, 6) is -1.36. The Morgan fingerprint density at radius 3 is 2.50 bits per heavy atom. The van der Waals surface area contributed by atoms with Gasteiger partial charge in [0.15, 0.2) is 0 Å². The van der Waals surface area contributed by atoms with Crippen LogP contribution in [0.4, 0.5) is 4.79 Å². The summed E-state index contributed by atoms with van der Waals surface area (Å²) in [6, 6.07) is 7.06. The number of carboxylic acids is 1. The van der Waals surface area contributed by atoms with Gasteiger partial charge >= 0.3 is 12.0 Å². The first-order chi connectivity index (χ1) is 9.59. The monoisotopic (exact) mass is 274 g/mol. The Morgan fingerprint density at radius 2 is 1.85 bits per heavy atom. The first-order valence-corrected chi connectivity index (χ1v) is 6.51. The predicted molar refractivity (Wildman–Crippen MR) is 69.2 cm³/mol. The van der Waals surface area contributed by atoms with E-state index in [2.05, 4.69) is 0 Å². The number of urea groups is 1. The van der Waals surface area contributed by atoms with Crippen molar-refractivity contribution >= 4 is 17.9 Å². The van der Waals surface area contributed by atoms with Crippen LogP contribution in [0.2, 0.25) is 0 Å². The highest BCUT2D eigenvalue weighted by atomic mass is 16.4. The van der Waals surface area contributed by atoms with Crippen LogP contribution in [0.15, 0.2) is 30.3 Å². The molecule has 2 atom stereocenters. The fourth-order valence-corrected chi connectivity index (χ4v) is 2.90. The number of imide groups is 1. The maximum absolute atomic E-state index is 12.4. The molecular formula is C14H14N2O4. The lowest BCUT2D eigenvalue weighted by molar-refractivity contribution is -0.142. The zero-order chi connectivity index (χ0) is 14.3. The molecule has 20 heavy (non-hydrogen) atoms. The number of hydrogen-bond donors (Lipinski definition) is 1. The van der Waals surface area contributed by atoms with Crippen LogP contribution in [0.5, 0.6) is 0 Å². The van der Waals surface area contributed by atoms with Crippen LogP contribution in [-0.2, 0) is 4.79 Å². The highest BCUT2D eigenvalue weighted by molar-refractivity contribution is 6.06. The van der Waals surface area contributed by atoms with E-state index in [9.17, 15) is 14.4 Å². The van der Waals surface area contributed by atoms with Gasteiger partial charge in [0.05, 0.1) is 6.04 Å². The van der Waals surface area contributed by atoms with Crippen LogP contribution in [0.25, 0.3) is 0 Å². The zero-order valence-corrected chi connectivity index (χ0v) is 10.7. The topological polar surface area (TPSA) is 77.9 Å². The molecular weight excluding hydrogens is 260 g/mol.